The molecule has 0 fully saturated rings. The van der Waals surface area contributed by atoms with Crippen LogP contribution < -0.4 is 0 Å². The predicted octanol–water partition coefficient (Wildman–Crippen LogP) is 13.1. The highest BCUT2D eigenvalue weighted by Crippen LogP contribution is 2.51. The fraction of sp³-hybridized carbons (Fsp3) is 0. The lowest BCUT2D eigenvalue weighted by molar-refractivity contribution is 0.633. The first-order chi connectivity index (χ1) is 32.1. The van der Waals surface area contributed by atoms with E-state index in [4.69, 9.17) is 23.6 Å². The Labute approximate surface area is 303 Å². The van der Waals surface area contributed by atoms with Crippen molar-refractivity contribution in [2.24, 2.45) is 0 Å². The Kier molecular flexibility index (Phi) is 3.20. The maximum atomic E-state index is 9.72. The molecule has 1 aromatic heterocycles. The van der Waals surface area contributed by atoms with Gasteiger partial charge in [0, 0.05) is 22.1 Å². The Morgan fingerprint density at radius 3 is 1.53 bits per heavy atom. The van der Waals surface area contributed by atoms with Gasteiger partial charge in [-0.25, -0.2) is 0 Å². The van der Waals surface area contributed by atoms with Crippen LogP contribution in [0.1, 0.15) is 28.8 Å². The molecule has 9 rings (SSSR count). The Bertz CT molecular complexity index is 3610. The molecule has 0 N–H and O–H groups in total. The normalized spacial score (nSPS) is 17.7. The molecule has 1 heterocycles. The third kappa shape index (κ3) is 4.56. The lowest BCUT2D eigenvalue weighted by Crippen LogP contribution is -1.92. The Morgan fingerprint density at radius 1 is 0.362 bits per heavy atom. The number of benzene rings is 8. The molecule has 0 bridgehead atoms. The summed E-state index contributed by atoms with van der Waals surface area (Å²) in [5.74, 6) is -0.420. The number of furan rings is 1. The van der Waals surface area contributed by atoms with Gasteiger partial charge in [0.25, 0.3) is 0 Å². The molecule has 0 atom stereocenters. The zero-order valence-electron chi connectivity index (χ0n) is 45.1. The molecular weight excluding hydrogens is 569 g/mol. The first-order valence-corrected chi connectivity index (χ1v) is 14.4. The second kappa shape index (κ2) is 11.3. The van der Waals surface area contributed by atoms with Gasteiger partial charge in [0.05, 0.1) is 28.8 Å². The zero-order valence-corrected chi connectivity index (χ0v) is 24.1. The van der Waals surface area contributed by atoms with Crippen molar-refractivity contribution in [2.75, 3.05) is 0 Å². The van der Waals surface area contributed by atoms with E-state index in [1.165, 1.54) is 24.3 Å². The fourth-order valence-corrected chi connectivity index (χ4v) is 5.89. The van der Waals surface area contributed by atoms with E-state index in [0.717, 1.165) is 0 Å². The SMILES string of the molecule is [2H]c1c([2H])c([2H])c(-c2ccccc2-c2oc3c([2H])c(-c4c([2H])c([2H])c([2H])c([2H])c4[2H])c([2H])c([2H])c3c2-c2c3c([2H])c([2H])c([2H])c([2H])c3c(-c3ccccc3)c3c([2H])c([2H])c([2H])c([2H])c23)c([2H])c1[2H]. The Morgan fingerprint density at radius 2 is 0.894 bits per heavy atom. The molecule has 1 nitrogen and oxygen atoms in total. The van der Waals surface area contributed by atoms with E-state index in [2.05, 4.69) is 0 Å². The molecular formula is C46H30O. The van der Waals surface area contributed by atoms with Crippen LogP contribution in [-0.4, -0.2) is 0 Å². The molecule has 0 unspecified atom stereocenters. The fourth-order valence-electron chi connectivity index (χ4n) is 5.89. The quantitative estimate of drug-likeness (QED) is 0.175. The molecule has 0 aliphatic rings. The highest BCUT2D eigenvalue weighted by molar-refractivity contribution is 6.25. The van der Waals surface area contributed by atoms with Gasteiger partial charge in [-0.1, -0.05) is 169 Å². The molecule has 0 saturated carbocycles. The first-order valence-electron chi connectivity index (χ1n) is 24.9. The number of hydrogen-bond acceptors (Lipinski definition) is 1. The largest absolute Gasteiger partial charge is 0.455 e. The summed E-state index contributed by atoms with van der Waals surface area (Å²) in [5, 5.41) is -1.59. The summed E-state index contributed by atoms with van der Waals surface area (Å²) in [6, 6.07) is -1.60. The summed E-state index contributed by atoms with van der Waals surface area (Å²) in [7, 11) is 0. The second-order valence-corrected chi connectivity index (χ2v) is 10.4. The lowest BCUT2D eigenvalue weighted by atomic mass is 9.84. The van der Waals surface area contributed by atoms with E-state index in [0.29, 0.717) is 5.56 Å². The minimum atomic E-state index is -0.855. The Balaban J connectivity index is 1.63. The molecule has 47 heavy (non-hydrogen) atoms. The van der Waals surface area contributed by atoms with Crippen LogP contribution in [0.5, 0.6) is 0 Å². The van der Waals surface area contributed by atoms with E-state index in [1.54, 1.807) is 30.3 Å². The van der Waals surface area contributed by atoms with Crippen molar-refractivity contribution in [3.8, 4) is 55.8 Å². The average Bonchev–Trinajstić information content (AvgIpc) is 3.74. The highest BCUT2D eigenvalue weighted by atomic mass is 16.3. The average molecular weight is 620 g/mol. The summed E-state index contributed by atoms with van der Waals surface area (Å²) in [6.07, 6.45) is 0. The van der Waals surface area contributed by atoms with E-state index < -0.39 is 155 Å². The van der Waals surface area contributed by atoms with Crippen molar-refractivity contribution in [1.82, 2.24) is 0 Å². The maximum absolute atomic E-state index is 9.72. The van der Waals surface area contributed by atoms with Crippen LogP contribution in [0.15, 0.2) is 186 Å². The van der Waals surface area contributed by atoms with Crippen molar-refractivity contribution in [3.63, 3.8) is 0 Å². The summed E-state index contributed by atoms with van der Waals surface area (Å²) in [5.41, 5.74) is -2.82. The molecule has 1 heteroatoms. The van der Waals surface area contributed by atoms with Crippen molar-refractivity contribution in [2.45, 2.75) is 0 Å². The van der Waals surface area contributed by atoms with Gasteiger partial charge in [0.1, 0.15) is 11.3 Å². The molecule has 0 aliphatic heterocycles. The van der Waals surface area contributed by atoms with Gasteiger partial charge in [0.15, 0.2) is 0 Å². The van der Waals surface area contributed by atoms with Crippen molar-refractivity contribution < 1.29 is 33.2 Å². The first kappa shape index (κ1) is 13.3. The smallest absolute Gasteiger partial charge is 0.143 e. The third-order valence-electron chi connectivity index (χ3n) is 7.84. The summed E-state index contributed by atoms with van der Waals surface area (Å²) in [4.78, 5) is 0. The number of hydrogen-bond donors (Lipinski definition) is 0. The van der Waals surface area contributed by atoms with Gasteiger partial charge in [-0.05, 0) is 67.0 Å². The van der Waals surface area contributed by atoms with Crippen LogP contribution in [0.25, 0.3) is 88.3 Å². The van der Waals surface area contributed by atoms with Crippen LogP contribution >= 0.6 is 0 Å². The van der Waals surface area contributed by atoms with E-state index in [-0.39, 0.29) is 54.9 Å². The molecule has 0 radical (unpaired) electrons. The summed E-state index contributed by atoms with van der Waals surface area (Å²) < 4.78 is 195. The minimum absolute atomic E-state index is 0.0100. The molecule has 0 aliphatic carbocycles. The maximum Gasteiger partial charge on any atom is 0.143 e. The number of rotatable bonds is 5. The van der Waals surface area contributed by atoms with E-state index in [1.807, 2.05) is 0 Å². The van der Waals surface area contributed by atoms with Gasteiger partial charge in [-0.2, -0.15) is 0 Å². The number of fused-ring (bicyclic) bond motifs is 3. The monoisotopic (exact) mass is 619 g/mol. The van der Waals surface area contributed by atoms with Crippen LogP contribution in [-0.2, 0) is 0 Å². The van der Waals surface area contributed by atoms with Crippen LogP contribution in [0.3, 0.4) is 0 Å². The zero-order chi connectivity index (χ0) is 49.4. The second-order valence-electron chi connectivity index (χ2n) is 10.4. The third-order valence-corrected chi connectivity index (χ3v) is 7.84. The topological polar surface area (TPSA) is 13.1 Å². The lowest BCUT2D eigenvalue weighted by Gasteiger charge is -2.18. The van der Waals surface area contributed by atoms with Crippen molar-refractivity contribution in [1.29, 1.82) is 0 Å². The van der Waals surface area contributed by atoms with Gasteiger partial charge >= 0.3 is 0 Å². The van der Waals surface area contributed by atoms with Gasteiger partial charge < -0.3 is 4.42 Å². The Hall–Kier alpha value is -6.18. The standard InChI is InChI=1S/C46H30O/c1-4-16-31(17-5-1)34-28-29-41-42(30-34)47-46(40-27-15-10-22-35(40)32-18-6-2-7-19-32)45(41)44-38-25-13-11-23-36(38)43(33-20-8-3-9-21-33)37-24-12-14-26-39(37)44/h1-30H/i1D,2D,4D,5D,6D,7D,11D,12D,13D,14D,16D,17D,18D,19D,23D,24D,25D,26D,28D,29D,30D. The van der Waals surface area contributed by atoms with Crippen LogP contribution in [0.2, 0.25) is 0 Å². The van der Waals surface area contributed by atoms with Gasteiger partial charge in [-0.3, -0.25) is 0 Å². The predicted molar refractivity (Wildman–Crippen MR) is 198 cm³/mol. The molecule has 8 aromatic carbocycles. The van der Waals surface area contributed by atoms with Crippen LogP contribution in [0.4, 0.5) is 0 Å². The summed E-state index contributed by atoms with van der Waals surface area (Å²) in [6.45, 7) is 0. The van der Waals surface area contributed by atoms with Crippen molar-refractivity contribution in [3.05, 3.63) is 181 Å². The molecule has 0 saturated heterocycles. The van der Waals surface area contributed by atoms with E-state index in [9.17, 15) is 9.60 Å². The molecule has 0 spiro atoms. The van der Waals surface area contributed by atoms with Gasteiger partial charge in [0.2, 0.25) is 0 Å². The minimum Gasteiger partial charge on any atom is -0.455 e. The molecule has 220 valence electrons. The highest BCUT2D eigenvalue weighted by Gasteiger charge is 2.25. The molecule has 9 aromatic rings. The summed E-state index contributed by atoms with van der Waals surface area (Å²) >= 11 is 0. The van der Waals surface area contributed by atoms with Crippen LogP contribution in [0, 0.1) is 0 Å². The van der Waals surface area contributed by atoms with Gasteiger partial charge in [-0.15, -0.1) is 0 Å². The van der Waals surface area contributed by atoms with Crippen molar-refractivity contribution >= 4 is 32.5 Å². The van der Waals surface area contributed by atoms with E-state index >= 15 is 0 Å². The molecule has 0 amide bonds.